The van der Waals surface area contributed by atoms with Crippen molar-refractivity contribution in [1.82, 2.24) is 4.90 Å². The van der Waals surface area contributed by atoms with Gasteiger partial charge in [0.1, 0.15) is 0 Å². The number of carbonyl (C=O) groups excluding carboxylic acids is 1. The first-order chi connectivity index (χ1) is 4.09. The minimum atomic E-state index is -0.396. The van der Waals surface area contributed by atoms with Crippen LogP contribution >= 0.6 is 0 Å². The van der Waals surface area contributed by atoms with Crippen molar-refractivity contribution in [2.24, 2.45) is 5.73 Å². The summed E-state index contributed by atoms with van der Waals surface area (Å²) in [5, 5.41) is 0. The molecule has 0 aliphatic carbocycles. The monoisotopic (exact) mass is 129 g/mol. The molecule has 53 valence electrons. The number of rotatable bonds is 2. The van der Waals surface area contributed by atoms with Crippen molar-refractivity contribution >= 4 is 6.03 Å². The van der Waals surface area contributed by atoms with Crippen LogP contribution in [0.5, 0.6) is 0 Å². The molecule has 0 spiro atoms. The molecule has 0 aliphatic rings. The zero-order chi connectivity index (χ0) is 7.44. The normalized spacial score (nSPS) is 9.78. The smallest absolute Gasteiger partial charge is 0.315 e. The Labute approximate surface area is 55.8 Å². The highest BCUT2D eigenvalue weighted by Crippen LogP contribution is 1.98. The first-order valence-corrected chi connectivity index (χ1v) is 2.96. The molecule has 0 bridgehead atoms. The van der Waals surface area contributed by atoms with Crippen LogP contribution in [0.3, 0.4) is 0 Å². The molecule has 0 heterocycles. The number of nitrogens with zero attached hydrogens (tertiary/aromatic N) is 1. The van der Waals surface area contributed by atoms with Crippen LogP contribution in [-0.4, -0.2) is 17.0 Å². The van der Waals surface area contributed by atoms with E-state index in [-0.39, 0.29) is 6.04 Å². The highest BCUT2D eigenvalue weighted by Gasteiger charge is 2.09. The van der Waals surface area contributed by atoms with Crippen LogP contribution in [0.4, 0.5) is 4.79 Å². The molecule has 9 heavy (non-hydrogen) atoms. The summed E-state index contributed by atoms with van der Waals surface area (Å²) in [6.07, 6.45) is 0. The number of hydrogen-bond donors (Lipinski definition) is 1. The molecule has 0 fully saturated rings. The van der Waals surface area contributed by atoms with Crippen molar-refractivity contribution < 1.29 is 4.79 Å². The molecule has 0 atom stereocenters. The molecule has 0 aromatic rings. The number of amides is 2. The quantitative estimate of drug-likeness (QED) is 0.593. The standard InChI is InChI=1S/C6H13N2O/c1-4-8(5(2)3)6(7)9/h4-5H,1-3H3,(H2,7,9). The van der Waals surface area contributed by atoms with Crippen molar-refractivity contribution in [2.75, 3.05) is 0 Å². The maximum Gasteiger partial charge on any atom is 0.315 e. The third-order valence-electron chi connectivity index (χ3n) is 1.09. The second-order valence-electron chi connectivity index (χ2n) is 2.10. The van der Waals surface area contributed by atoms with Gasteiger partial charge in [-0.2, -0.15) is 0 Å². The third kappa shape index (κ3) is 2.35. The average Bonchev–Trinajstić information content (AvgIpc) is 1.64. The predicted molar refractivity (Wildman–Crippen MR) is 36.5 cm³/mol. The van der Waals surface area contributed by atoms with Gasteiger partial charge in [-0.15, -0.1) is 0 Å². The van der Waals surface area contributed by atoms with Gasteiger partial charge in [-0.05, 0) is 20.8 Å². The van der Waals surface area contributed by atoms with Crippen LogP contribution < -0.4 is 5.73 Å². The Balaban J connectivity index is 3.83. The second-order valence-corrected chi connectivity index (χ2v) is 2.10. The summed E-state index contributed by atoms with van der Waals surface area (Å²) in [4.78, 5) is 12.0. The lowest BCUT2D eigenvalue weighted by Gasteiger charge is -2.21. The van der Waals surface area contributed by atoms with Gasteiger partial charge >= 0.3 is 6.03 Å². The van der Waals surface area contributed by atoms with Gasteiger partial charge in [0, 0.05) is 6.04 Å². The van der Waals surface area contributed by atoms with Crippen LogP contribution in [0.2, 0.25) is 0 Å². The fourth-order valence-electron chi connectivity index (χ4n) is 0.680. The van der Waals surface area contributed by atoms with Gasteiger partial charge in [-0.1, -0.05) is 0 Å². The third-order valence-corrected chi connectivity index (χ3v) is 1.09. The van der Waals surface area contributed by atoms with E-state index in [1.54, 1.807) is 13.5 Å². The first kappa shape index (κ1) is 8.27. The average molecular weight is 129 g/mol. The van der Waals surface area contributed by atoms with Gasteiger partial charge in [-0.25, -0.2) is 4.79 Å². The summed E-state index contributed by atoms with van der Waals surface area (Å²) in [7, 11) is 0. The van der Waals surface area contributed by atoms with Gasteiger partial charge in [0.05, 0.1) is 6.54 Å². The van der Waals surface area contributed by atoms with Crippen molar-refractivity contribution in [1.29, 1.82) is 0 Å². The zero-order valence-electron chi connectivity index (χ0n) is 6.09. The van der Waals surface area contributed by atoms with E-state index in [4.69, 9.17) is 5.73 Å². The van der Waals surface area contributed by atoms with Crippen LogP contribution in [0.15, 0.2) is 0 Å². The van der Waals surface area contributed by atoms with E-state index in [0.29, 0.717) is 0 Å². The van der Waals surface area contributed by atoms with Crippen LogP contribution in [-0.2, 0) is 0 Å². The van der Waals surface area contributed by atoms with Crippen molar-refractivity contribution in [3.63, 3.8) is 0 Å². The molecule has 3 nitrogen and oxygen atoms in total. The molecule has 0 saturated heterocycles. The minimum Gasteiger partial charge on any atom is -0.351 e. The van der Waals surface area contributed by atoms with Gasteiger partial charge in [0.15, 0.2) is 0 Å². The molecule has 0 rings (SSSR count). The number of nitrogens with two attached hydrogens (primary N) is 1. The molecule has 1 radical (unpaired) electrons. The molecule has 2 amide bonds. The maximum atomic E-state index is 10.5. The van der Waals surface area contributed by atoms with E-state index in [0.717, 1.165) is 0 Å². The molecule has 0 aliphatic heterocycles. The molecule has 2 N–H and O–H groups in total. The highest BCUT2D eigenvalue weighted by molar-refractivity contribution is 5.72. The molecule has 0 aromatic carbocycles. The topological polar surface area (TPSA) is 46.3 Å². The summed E-state index contributed by atoms with van der Waals surface area (Å²) in [5.41, 5.74) is 5.00. The Kier molecular flexibility index (Phi) is 3.06. The van der Waals surface area contributed by atoms with Crippen molar-refractivity contribution in [2.45, 2.75) is 26.8 Å². The zero-order valence-corrected chi connectivity index (χ0v) is 6.09. The molecular weight excluding hydrogens is 116 g/mol. The lowest BCUT2D eigenvalue weighted by atomic mass is 10.3. The molecule has 0 saturated carbocycles. The molecule has 3 heteroatoms. The summed E-state index contributed by atoms with van der Waals surface area (Å²) in [6.45, 7) is 7.27. The number of carbonyl (C=O) groups is 1. The van der Waals surface area contributed by atoms with E-state index in [2.05, 4.69) is 0 Å². The lowest BCUT2D eigenvalue weighted by Crippen LogP contribution is -2.37. The van der Waals surface area contributed by atoms with E-state index in [1.807, 2.05) is 13.8 Å². The van der Waals surface area contributed by atoms with Gasteiger partial charge in [0.2, 0.25) is 0 Å². The number of primary amides is 1. The minimum absolute atomic E-state index is 0.160. The Hall–Kier alpha value is -0.730. The predicted octanol–water partition coefficient (Wildman–Crippen LogP) is 0.957. The van der Waals surface area contributed by atoms with Crippen LogP contribution in [0.25, 0.3) is 0 Å². The highest BCUT2D eigenvalue weighted by atomic mass is 16.2. The van der Waals surface area contributed by atoms with E-state index in [1.165, 1.54) is 4.90 Å². The summed E-state index contributed by atoms with van der Waals surface area (Å²) in [5.74, 6) is 0. The Bertz CT molecular complexity index is 101. The Morgan fingerprint density at radius 2 is 2.11 bits per heavy atom. The van der Waals surface area contributed by atoms with E-state index in [9.17, 15) is 4.79 Å². The number of urea groups is 1. The van der Waals surface area contributed by atoms with Gasteiger partial charge in [0.25, 0.3) is 0 Å². The molecular formula is C6H13N2O. The fraction of sp³-hybridized carbons (Fsp3) is 0.667. The molecule has 0 aromatic heterocycles. The first-order valence-electron chi connectivity index (χ1n) is 2.96. The van der Waals surface area contributed by atoms with E-state index >= 15 is 0 Å². The van der Waals surface area contributed by atoms with Gasteiger partial charge < -0.3 is 10.6 Å². The summed E-state index contributed by atoms with van der Waals surface area (Å²) in [6, 6.07) is -0.236. The molecule has 0 unspecified atom stereocenters. The van der Waals surface area contributed by atoms with Gasteiger partial charge in [-0.3, -0.25) is 0 Å². The second kappa shape index (κ2) is 3.33. The SMILES string of the molecule is C[CH]N(C(N)=O)C(C)C. The van der Waals surface area contributed by atoms with Crippen LogP contribution in [0, 0.1) is 6.54 Å². The Morgan fingerprint density at radius 1 is 1.67 bits per heavy atom. The van der Waals surface area contributed by atoms with Crippen LogP contribution in [0.1, 0.15) is 20.8 Å². The largest absolute Gasteiger partial charge is 0.351 e. The number of hydrogen-bond acceptors (Lipinski definition) is 1. The summed E-state index contributed by atoms with van der Waals surface area (Å²) >= 11 is 0. The summed E-state index contributed by atoms with van der Waals surface area (Å²) < 4.78 is 0. The van der Waals surface area contributed by atoms with Crippen molar-refractivity contribution in [3.8, 4) is 0 Å². The maximum absolute atomic E-state index is 10.5. The van der Waals surface area contributed by atoms with Crippen molar-refractivity contribution in [3.05, 3.63) is 6.54 Å². The lowest BCUT2D eigenvalue weighted by molar-refractivity contribution is 0.208. The van der Waals surface area contributed by atoms with E-state index < -0.39 is 6.03 Å². The fourth-order valence-corrected chi connectivity index (χ4v) is 0.680. The Morgan fingerprint density at radius 3 is 2.11 bits per heavy atom.